The molecule has 2 heterocycles. The molecule has 1 aliphatic rings. The second kappa shape index (κ2) is 28.7. The lowest BCUT2D eigenvalue weighted by atomic mass is 9.85. The summed E-state index contributed by atoms with van der Waals surface area (Å²) in [5, 5.41) is 15.9. The van der Waals surface area contributed by atoms with Gasteiger partial charge in [0.05, 0.1) is 41.9 Å². The predicted octanol–water partition coefficient (Wildman–Crippen LogP) is 8.21. The summed E-state index contributed by atoms with van der Waals surface area (Å²) >= 11 is 1.58. The highest BCUT2D eigenvalue weighted by Crippen LogP contribution is 2.35. The third kappa shape index (κ3) is 16.9. The Bertz CT molecular complexity index is 2490. The molecule has 3 atom stereocenters. The van der Waals surface area contributed by atoms with Crippen molar-refractivity contribution in [1.82, 2.24) is 25.4 Å². The third-order valence-electron chi connectivity index (χ3n) is 12.1. The first-order valence-corrected chi connectivity index (χ1v) is 25.6. The Morgan fingerprint density at radius 2 is 1.43 bits per heavy atom. The van der Waals surface area contributed by atoms with E-state index in [2.05, 4.69) is 83.2 Å². The number of hydrogen-bond acceptors (Lipinski definition) is 11. The number of β-amino-alcohol motifs (C(OH)–C–C–N with tert-alkyl or cyclic N) is 1. The SMILES string of the molecule is CCOCC(=O)N[C@H](C(=O)N1C[C@H](O)C[C@H]1C(=O)NCc1ccc(-c2scnc2C)cc1)C(C)(C)C.CCOCCOCC(=O)N(C)CCOc1ccc(/C(=C(/CC)c2ccccc2)c2ccccc2)cc1. The van der Waals surface area contributed by atoms with Crippen LogP contribution in [0.4, 0.5) is 0 Å². The van der Waals surface area contributed by atoms with Crippen LogP contribution in [0.25, 0.3) is 21.6 Å². The van der Waals surface area contributed by atoms with Crippen LogP contribution in [-0.2, 0) is 39.9 Å². The van der Waals surface area contributed by atoms with Crippen molar-refractivity contribution in [3.8, 4) is 16.2 Å². The van der Waals surface area contributed by atoms with Crippen molar-refractivity contribution in [3.63, 3.8) is 0 Å². The van der Waals surface area contributed by atoms with Gasteiger partial charge in [-0.05, 0) is 83.7 Å². The molecule has 3 N–H and O–H groups in total. The molecule has 0 bridgehead atoms. The standard InChI is InChI=1S/C31H37NO4.C26H36N4O5S/c1-4-29(25-12-8-6-9-13-25)31(26-14-10-7-11-15-26)27-16-18-28(19-17-27)36-21-20-32(3)30(33)24-35-23-22-34-5-2;1-6-35-14-21(32)29-23(26(3,4)5)25(34)30-13-19(31)11-20(30)24(33)27-12-17-7-9-18(10-8-17)22-16(2)28-15-36-22/h6-19H,4-5,20-24H2,1-3H3;7-10,15,19-20,23,31H,6,11-14H2,1-5H3,(H,27,33)(H,29,32)/b31-29-;/t;19-,20+,23-/m.1/s1. The number of nitrogens with one attached hydrogen (secondary N) is 2. The van der Waals surface area contributed by atoms with E-state index in [9.17, 15) is 24.3 Å². The Balaban J connectivity index is 0.000000267. The van der Waals surface area contributed by atoms with Gasteiger partial charge in [-0.2, -0.15) is 0 Å². The lowest BCUT2D eigenvalue weighted by molar-refractivity contribution is -0.144. The van der Waals surface area contributed by atoms with Gasteiger partial charge in [0.1, 0.15) is 37.7 Å². The lowest BCUT2D eigenvalue weighted by Crippen LogP contribution is -2.58. The number of carbonyl (C=O) groups excluding carboxylic acids is 4. The Kier molecular flexibility index (Phi) is 22.6. The molecule has 0 radical (unpaired) electrons. The number of ether oxygens (including phenoxy) is 4. The highest BCUT2D eigenvalue weighted by atomic mass is 32.1. The van der Waals surface area contributed by atoms with E-state index in [4.69, 9.17) is 18.9 Å². The first-order chi connectivity index (χ1) is 34.6. The molecule has 72 heavy (non-hydrogen) atoms. The molecule has 14 nitrogen and oxygen atoms in total. The number of carbonyl (C=O) groups is 4. The van der Waals surface area contributed by atoms with Gasteiger partial charge >= 0.3 is 0 Å². The van der Waals surface area contributed by atoms with Crippen molar-refractivity contribution in [3.05, 3.63) is 143 Å². The minimum atomic E-state index is -0.867. The number of aliphatic hydroxyl groups excluding tert-OH is 1. The van der Waals surface area contributed by atoms with Gasteiger partial charge < -0.3 is 44.5 Å². The second-order valence-corrected chi connectivity index (χ2v) is 19.3. The number of hydrogen-bond donors (Lipinski definition) is 3. The number of likely N-dealkylation sites (N-methyl/N-ethyl adjacent to an activating group) is 1. The zero-order valence-electron chi connectivity index (χ0n) is 43.2. The van der Waals surface area contributed by atoms with Crippen LogP contribution in [0.3, 0.4) is 0 Å². The van der Waals surface area contributed by atoms with Crippen LogP contribution in [0.5, 0.6) is 5.75 Å². The smallest absolute Gasteiger partial charge is 0.248 e. The average Bonchev–Trinajstić information content (AvgIpc) is 4.01. The molecule has 386 valence electrons. The molecule has 15 heteroatoms. The highest BCUT2D eigenvalue weighted by Gasteiger charge is 2.44. The van der Waals surface area contributed by atoms with E-state index in [1.54, 1.807) is 30.2 Å². The van der Waals surface area contributed by atoms with Gasteiger partial charge in [0.2, 0.25) is 23.6 Å². The zero-order valence-corrected chi connectivity index (χ0v) is 44.0. The fourth-order valence-corrected chi connectivity index (χ4v) is 8.95. The number of benzene rings is 4. The van der Waals surface area contributed by atoms with Crippen LogP contribution in [0.15, 0.2) is 115 Å². The average molecular weight is 1000 g/mol. The van der Waals surface area contributed by atoms with E-state index in [0.29, 0.717) is 46.1 Å². The molecule has 1 aliphatic heterocycles. The van der Waals surface area contributed by atoms with E-state index in [1.165, 1.54) is 27.2 Å². The monoisotopic (exact) mass is 1000 g/mol. The van der Waals surface area contributed by atoms with Crippen LogP contribution in [0.2, 0.25) is 0 Å². The van der Waals surface area contributed by atoms with Crippen LogP contribution in [0, 0.1) is 12.3 Å². The summed E-state index contributed by atoms with van der Waals surface area (Å²) in [6.45, 7) is 16.5. The largest absolute Gasteiger partial charge is 0.492 e. The molecule has 0 aliphatic carbocycles. The quantitative estimate of drug-likeness (QED) is 0.0429. The molecule has 6 rings (SSSR count). The number of thiazole rings is 1. The van der Waals surface area contributed by atoms with Gasteiger partial charge in [-0.1, -0.05) is 125 Å². The third-order valence-corrected chi connectivity index (χ3v) is 13.0. The first kappa shape index (κ1) is 56.7. The zero-order chi connectivity index (χ0) is 52.0. The van der Waals surface area contributed by atoms with E-state index < -0.39 is 35.4 Å². The number of likely N-dealkylation sites (tertiary alicyclic amines) is 1. The van der Waals surface area contributed by atoms with Crippen molar-refractivity contribution in [1.29, 1.82) is 0 Å². The number of amides is 4. The van der Waals surface area contributed by atoms with E-state index in [-0.39, 0.29) is 38.0 Å². The van der Waals surface area contributed by atoms with Crippen molar-refractivity contribution in [2.24, 2.45) is 5.41 Å². The van der Waals surface area contributed by atoms with Crippen molar-refractivity contribution in [2.75, 3.05) is 66.4 Å². The molecule has 0 spiro atoms. The normalized spacial score (nSPS) is 15.2. The van der Waals surface area contributed by atoms with Gasteiger partial charge in [0.15, 0.2) is 0 Å². The molecule has 0 saturated carbocycles. The number of nitrogens with zero attached hydrogens (tertiary/aromatic N) is 3. The van der Waals surface area contributed by atoms with E-state index in [0.717, 1.165) is 39.4 Å². The lowest BCUT2D eigenvalue weighted by Gasteiger charge is -2.35. The van der Waals surface area contributed by atoms with Gasteiger partial charge in [-0.3, -0.25) is 19.2 Å². The second-order valence-electron chi connectivity index (χ2n) is 18.5. The fourth-order valence-electron chi connectivity index (χ4n) is 8.14. The number of allylic oxidation sites excluding steroid dienone is 1. The van der Waals surface area contributed by atoms with Gasteiger partial charge in [0, 0.05) is 39.8 Å². The predicted molar refractivity (Wildman–Crippen MR) is 284 cm³/mol. The molecular weight excluding hydrogens is 931 g/mol. The minimum absolute atomic E-state index is 0.0354. The maximum absolute atomic E-state index is 13.5. The van der Waals surface area contributed by atoms with Crippen molar-refractivity contribution in [2.45, 2.75) is 86.0 Å². The summed E-state index contributed by atoms with van der Waals surface area (Å²) < 4.78 is 21.6. The molecule has 1 fully saturated rings. The van der Waals surface area contributed by atoms with E-state index in [1.807, 2.05) is 88.7 Å². The number of aromatic nitrogens is 1. The topological polar surface area (TPSA) is 169 Å². The molecule has 4 aromatic carbocycles. The molecular formula is C57H73N5O9S. The summed E-state index contributed by atoms with van der Waals surface area (Å²) in [7, 11) is 1.76. The Hall–Kier alpha value is -6.23. The van der Waals surface area contributed by atoms with Gasteiger partial charge in [0.25, 0.3) is 0 Å². The van der Waals surface area contributed by atoms with Crippen molar-refractivity contribution >= 4 is 46.1 Å². The van der Waals surface area contributed by atoms with Crippen LogP contribution in [0.1, 0.15) is 82.3 Å². The Labute approximate surface area is 429 Å². The maximum atomic E-state index is 13.5. The maximum Gasteiger partial charge on any atom is 0.248 e. The summed E-state index contributed by atoms with van der Waals surface area (Å²) in [4.78, 5) is 59.4. The minimum Gasteiger partial charge on any atom is -0.492 e. The van der Waals surface area contributed by atoms with Crippen LogP contribution in [-0.4, -0.2) is 128 Å². The number of rotatable bonds is 23. The Morgan fingerprint density at radius 3 is 2.03 bits per heavy atom. The first-order valence-electron chi connectivity index (χ1n) is 24.7. The summed E-state index contributed by atoms with van der Waals surface area (Å²) in [6, 6.07) is 35.5. The molecule has 1 aromatic heterocycles. The van der Waals surface area contributed by atoms with Gasteiger partial charge in [-0.25, -0.2) is 4.98 Å². The summed E-state index contributed by atoms with van der Waals surface area (Å²) in [5.74, 6) is -0.430. The Morgan fingerprint density at radius 1 is 0.806 bits per heavy atom. The molecule has 0 unspecified atom stereocenters. The molecule has 5 aromatic rings. The highest BCUT2D eigenvalue weighted by molar-refractivity contribution is 7.13. The van der Waals surface area contributed by atoms with E-state index >= 15 is 0 Å². The molecule has 1 saturated heterocycles. The van der Waals surface area contributed by atoms with Crippen LogP contribution >= 0.6 is 11.3 Å². The van der Waals surface area contributed by atoms with Gasteiger partial charge in [-0.15, -0.1) is 11.3 Å². The number of aliphatic hydroxyl groups is 1. The number of aryl methyl sites for hydroxylation is 1. The summed E-state index contributed by atoms with van der Waals surface area (Å²) in [6.07, 6.45) is 0.249. The molecule has 4 amide bonds. The summed E-state index contributed by atoms with van der Waals surface area (Å²) in [5.41, 5.74) is 10.3. The van der Waals surface area contributed by atoms with Crippen molar-refractivity contribution < 1.29 is 43.2 Å². The van der Waals surface area contributed by atoms with Crippen LogP contribution < -0.4 is 15.4 Å². The fraction of sp³-hybridized carbons (Fsp3) is 0.421.